The first kappa shape index (κ1) is 9.97. The lowest BCUT2D eigenvalue weighted by Crippen LogP contribution is -2.16. The molecule has 7 heteroatoms. The summed E-state index contributed by atoms with van der Waals surface area (Å²) >= 11 is 0. The Morgan fingerprint density at radius 1 is 1.31 bits per heavy atom. The monoisotopic (exact) mass is 221 g/mol. The Kier molecular flexibility index (Phi) is 2.20. The highest BCUT2D eigenvalue weighted by atomic mass is 16.4. The normalized spacial score (nSPS) is 10.2. The lowest BCUT2D eigenvalue weighted by Gasteiger charge is -2.00. The standard InChI is InChI=1S/C9H7N3O4/c13-7(14)5-2-1-3-6(4-5)12-9(16)10-8(15)11-12/h1-4H,(H,13,14)(H2,10,11,15,16). The van der Waals surface area contributed by atoms with Crippen LogP contribution in [0.4, 0.5) is 0 Å². The number of nitrogens with zero attached hydrogens (tertiary/aromatic N) is 1. The van der Waals surface area contributed by atoms with Gasteiger partial charge in [-0.1, -0.05) is 6.07 Å². The third-order valence-corrected chi connectivity index (χ3v) is 1.99. The van der Waals surface area contributed by atoms with Gasteiger partial charge in [0.05, 0.1) is 11.3 Å². The molecule has 1 aromatic carbocycles. The van der Waals surface area contributed by atoms with Crippen molar-refractivity contribution in [2.75, 3.05) is 0 Å². The highest BCUT2D eigenvalue weighted by molar-refractivity contribution is 5.88. The number of aromatic carboxylic acids is 1. The fraction of sp³-hybridized carbons (Fsp3) is 0. The van der Waals surface area contributed by atoms with Gasteiger partial charge in [0.25, 0.3) is 0 Å². The second-order valence-electron chi connectivity index (χ2n) is 3.06. The Labute approximate surface area is 88.0 Å². The summed E-state index contributed by atoms with van der Waals surface area (Å²) in [5.74, 6) is -1.10. The van der Waals surface area contributed by atoms with E-state index in [-0.39, 0.29) is 11.3 Å². The van der Waals surface area contributed by atoms with Crippen LogP contribution in [0.2, 0.25) is 0 Å². The van der Waals surface area contributed by atoms with E-state index < -0.39 is 17.3 Å². The molecule has 0 saturated carbocycles. The molecule has 0 radical (unpaired) electrons. The number of benzene rings is 1. The molecule has 82 valence electrons. The molecule has 1 aromatic heterocycles. The second kappa shape index (κ2) is 3.54. The smallest absolute Gasteiger partial charge is 0.349 e. The molecule has 2 aromatic rings. The van der Waals surface area contributed by atoms with Gasteiger partial charge in [0.15, 0.2) is 0 Å². The molecule has 0 atom stereocenters. The van der Waals surface area contributed by atoms with Crippen LogP contribution in [0.15, 0.2) is 33.9 Å². The van der Waals surface area contributed by atoms with E-state index in [2.05, 4.69) is 5.10 Å². The van der Waals surface area contributed by atoms with Gasteiger partial charge in [-0.05, 0) is 18.2 Å². The first-order valence-corrected chi connectivity index (χ1v) is 4.33. The summed E-state index contributed by atoms with van der Waals surface area (Å²) in [7, 11) is 0. The zero-order valence-electron chi connectivity index (χ0n) is 7.93. The maximum atomic E-state index is 11.3. The Morgan fingerprint density at radius 3 is 2.62 bits per heavy atom. The summed E-state index contributed by atoms with van der Waals surface area (Å²) in [6.07, 6.45) is 0. The first-order chi connectivity index (χ1) is 7.58. The Bertz CT molecular complexity index is 649. The third kappa shape index (κ3) is 1.65. The minimum atomic E-state index is -1.10. The van der Waals surface area contributed by atoms with Crippen molar-refractivity contribution in [1.29, 1.82) is 0 Å². The molecule has 0 aliphatic heterocycles. The molecule has 3 N–H and O–H groups in total. The zero-order chi connectivity index (χ0) is 11.7. The number of carboxylic acids is 1. The van der Waals surface area contributed by atoms with Gasteiger partial charge in [-0.25, -0.2) is 24.2 Å². The van der Waals surface area contributed by atoms with Crippen LogP contribution in [-0.4, -0.2) is 25.8 Å². The third-order valence-electron chi connectivity index (χ3n) is 1.99. The molecule has 1 heterocycles. The first-order valence-electron chi connectivity index (χ1n) is 4.33. The fourth-order valence-electron chi connectivity index (χ4n) is 1.29. The van der Waals surface area contributed by atoms with Crippen molar-refractivity contribution >= 4 is 5.97 Å². The Morgan fingerprint density at radius 2 is 2.06 bits per heavy atom. The largest absolute Gasteiger partial charge is 0.478 e. The predicted molar refractivity (Wildman–Crippen MR) is 54.0 cm³/mol. The van der Waals surface area contributed by atoms with Crippen LogP contribution < -0.4 is 11.4 Å². The number of hydrogen-bond acceptors (Lipinski definition) is 3. The topological polar surface area (TPSA) is 108 Å². The van der Waals surface area contributed by atoms with Crippen LogP contribution >= 0.6 is 0 Å². The highest BCUT2D eigenvalue weighted by Gasteiger charge is 2.07. The molecular formula is C9H7N3O4. The number of carboxylic acid groups (broad SMARTS) is 1. The molecule has 16 heavy (non-hydrogen) atoms. The van der Waals surface area contributed by atoms with E-state index in [4.69, 9.17) is 5.11 Å². The maximum absolute atomic E-state index is 11.3. The van der Waals surface area contributed by atoms with Crippen molar-refractivity contribution in [3.05, 3.63) is 50.8 Å². The molecule has 2 rings (SSSR count). The Balaban J connectivity index is 2.61. The lowest BCUT2D eigenvalue weighted by molar-refractivity contribution is 0.0697. The van der Waals surface area contributed by atoms with Crippen LogP contribution in [0.5, 0.6) is 0 Å². The van der Waals surface area contributed by atoms with E-state index in [1.54, 1.807) is 0 Å². The SMILES string of the molecule is O=C(O)c1cccc(-n2[nH]c(=O)[nH]c2=O)c1. The summed E-state index contributed by atoms with van der Waals surface area (Å²) in [6.45, 7) is 0. The van der Waals surface area contributed by atoms with Gasteiger partial charge in [0.2, 0.25) is 0 Å². The van der Waals surface area contributed by atoms with Gasteiger partial charge in [0.1, 0.15) is 0 Å². The number of rotatable bonds is 2. The molecule has 0 aliphatic rings. The molecule has 0 unspecified atom stereocenters. The summed E-state index contributed by atoms with van der Waals surface area (Å²) < 4.78 is 0.939. The minimum absolute atomic E-state index is 0.0337. The van der Waals surface area contributed by atoms with Crippen molar-refractivity contribution in [1.82, 2.24) is 14.8 Å². The van der Waals surface area contributed by atoms with Gasteiger partial charge in [-0.15, -0.1) is 0 Å². The Hall–Kier alpha value is -2.57. The molecule has 0 bridgehead atoms. The summed E-state index contributed by atoms with van der Waals surface area (Å²) in [4.78, 5) is 34.8. The van der Waals surface area contributed by atoms with Crippen molar-refractivity contribution in [2.45, 2.75) is 0 Å². The molecule has 0 amide bonds. The quantitative estimate of drug-likeness (QED) is 0.638. The number of aromatic amines is 2. The van der Waals surface area contributed by atoms with Gasteiger partial charge < -0.3 is 5.11 Å². The van der Waals surface area contributed by atoms with E-state index >= 15 is 0 Å². The highest BCUT2D eigenvalue weighted by Crippen LogP contribution is 2.06. The van der Waals surface area contributed by atoms with Crippen molar-refractivity contribution in [2.24, 2.45) is 0 Å². The average Bonchev–Trinajstić information content (AvgIpc) is 2.58. The van der Waals surface area contributed by atoms with Crippen LogP contribution in [-0.2, 0) is 0 Å². The van der Waals surface area contributed by atoms with Crippen molar-refractivity contribution < 1.29 is 9.90 Å². The predicted octanol–water partition coefficient (Wildman–Crippen LogP) is -0.448. The van der Waals surface area contributed by atoms with Crippen LogP contribution in [0.25, 0.3) is 5.69 Å². The molecule has 7 nitrogen and oxygen atoms in total. The summed E-state index contributed by atoms with van der Waals surface area (Å²) in [5, 5.41) is 11.0. The van der Waals surface area contributed by atoms with Crippen LogP contribution in [0.3, 0.4) is 0 Å². The number of hydrogen-bond donors (Lipinski definition) is 3. The molecular weight excluding hydrogens is 214 g/mol. The molecule has 0 saturated heterocycles. The van der Waals surface area contributed by atoms with Gasteiger partial charge >= 0.3 is 17.3 Å². The van der Waals surface area contributed by atoms with E-state index in [9.17, 15) is 14.4 Å². The second-order valence-corrected chi connectivity index (χ2v) is 3.06. The van der Waals surface area contributed by atoms with Gasteiger partial charge in [-0.2, -0.15) is 0 Å². The number of carbonyl (C=O) groups is 1. The van der Waals surface area contributed by atoms with E-state index in [1.165, 1.54) is 24.3 Å². The number of H-pyrrole nitrogens is 2. The maximum Gasteiger partial charge on any atom is 0.349 e. The van der Waals surface area contributed by atoms with Gasteiger partial charge in [-0.3, -0.25) is 4.98 Å². The molecule has 0 aliphatic carbocycles. The summed E-state index contributed by atoms with van der Waals surface area (Å²) in [5.41, 5.74) is -0.979. The zero-order valence-corrected chi connectivity index (χ0v) is 7.93. The number of aromatic nitrogens is 3. The minimum Gasteiger partial charge on any atom is -0.478 e. The average molecular weight is 221 g/mol. The summed E-state index contributed by atoms with van der Waals surface area (Å²) in [6, 6.07) is 5.67. The van der Waals surface area contributed by atoms with Gasteiger partial charge in [0, 0.05) is 0 Å². The van der Waals surface area contributed by atoms with Crippen LogP contribution in [0, 0.1) is 0 Å². The van der Waals surface area contributed by atoms with E-state index in [0.717, 1.165) is 4.68 Å². The van der Waals surface area contributed by atoms with Crippen molar-refractivity contribution in [3.63, 3.8) is 0 Å². The molecule has 0 fully saturated rings. The van der Waals surface area contributed by atoms with Crippen molar-refractivity contribution in [3.8, 4) is 5.69 Å². The van der Waals surface area contributed by atoms with E-state index in [1.807, 2.05) is 4.98 Å². The van der Waals surface area contributed by atoms with E-state index in [0.29, 0.717) is 0 Å². The lowest BCUT2D eigenvalue weighted by atomic mass is 10.2. The van der Waals surface area contributed by atoms with Crippen LogP contribution in [0.1, 0.15) is 10.4 Å². The fourth-order valence-corrected chi connectivity index (χ4v) is 1.29. The molecule has 0 spiro atoms. The number of nitrogens with one attached hydrogen (secondary N) is 2.